The zero-order valence-corrected chi connectivity index (χ0v) is 14.9. The van der Waals surface area contributed by atoms with Gasteiger partial charge in [-0.25, -0.2) is 0 Å². The van der Waals surface area contributed by atoms with Crippen LogP contribution in [-0.2, 0) is 0 Å². The van der Waals surface area contributed by atoms with Crippen molar-refractivity contribution >= 4 is 0 Å². The van der Waals surface area contributed by atoms with Crippen molar-refractivity contribution in [3.8, 4) is 5.75 Å². The molecule has 24 heavy (non-hydrogen) atoms. The van der Waals surface area contributed by atoms with E-state index in [1.807, 2.05) is 36.4 Å². The van der Waals surface area contributed by atoms with Crippen molar-refractivity contribution in [1.82, 2.24) is 5.32 Å². The maximum Gasteiger partial charge on any atom is 0.122 e. The summed E-state index contributed by atoms with van der Waals surface area (Å²) < 4.78 is 5.87. The minimum atomic E-state index is -0.541. The first-order valence-corrected chi connectivity index (χ1v) is 8.80. The van der Waals surface area contributed by atoms with Crippen molar-refractivity contribution in [2.24, 2.45) is 0 Å². The van der Waals surface area contributed by atoms with E-state index >= 15 is 0 Å². The predicted octanol–water partition coefficient (Wildman–Crippen LogP) is 4.29. The van der Waals surface area contributed by atoms with Gasteiger partial charge in [0.05, 0.1) is 0 Å². The second-order valence-corrected chi connectivity index (χ2v) is 6.35. The lowest BCUT2D eigenvalue weighted by Gasteiger charge is -2.20. The van der Waals surface area contributed by atoms with Crippen LogP contribution in [0.3, 0.4) is 0 Å². The fraction of sp³-hybridized carbons (Fsp3) is 0.429. The molecule has 0 bridgehead atoms. The van der Waals surface area contributed by atoms with Gasteiger partial charge in [0.2, 0.25) is 0 Å². The Morgan fingerprint density at radius 1 is 1.00 bits per heavy atom. The van der Waals surface area contributed by atoms with Gasteiger partial charge >= 0.3 is 0 Å². The molecule has 3 atom stereocenters. The maximum atomic E-state index is 10.2. The number of rotatable bonds is 9. The van der Waals surface area contributed by atoms with Crippen molar-refractivity contribution in [2.75, 3.05) is 13.2 Å². The van der Waals surface area contributed by atoms with Crippen LogP contribution in [0.2, 0.25) is 0 Å². The van der Waals surface area contributed by atoms with E-state index in [9.17, 15) is 5.11 Å². The standard InChI is InChI=1S/C21H29NO2/c1-4-16(2)20-12-8-9-13-21(20)24-15-19(23)14-22-17(3)18-10-6-5-7-11-18/h5-13,16-17,19,22-23H,4,14-15H2,1-3H3. The van der Waals surface area contributed by atoms with Crippen LogP contribution in [0.25, 0.3) is 0 Å². The Kier molecular flexibility index (Phi) is 7.29. The quantitative estimate of drug-likeness (QED) is 0.722. The van der Waals surface area contributed by atoms with Gasteiger partial charge in [0.1, 0.15) is 18.5 Å². The highest BCUT2D eigenvalue weighted by Gasteiger charge is 2.12. The minimum Gasteiger partial charge on any atom is -0.491 e. The molecule has 3 heteroatoms. The fourth-order valence-electron chi connectivity index (χ4n) is 2.66. The number of hydrogen-bond acceptors (Lipinski definition) is 3. The molecule has 0 aliphatic rings. The molecule has 0 spiro atoms. The lowest BCUT2D eigenvalue weighted by Crippen LogP contribution is -2.33. The van der Waals surface area contributed by atoms with E-state index in [1.54, 1.807) is 0 Å². The molecular weight excluding hydrogens is 298 g/mol. The third kappa shape index (κ3) is 5.36. The predicted molar refractivity (Wildman–Crippen MR) is 99.5 cm³/mol. The lowest BCUT2D eigenvalue weighted by molar-refractivity contribution is 0.103. The van der Waals surface area contributed by atoms with Crippen molar-refractivity contribution in [1.29, 1.82) is 0 Å². The van der Waals surface area contributed by atoms with Crippen LogP contribution in [0.15, 0.2) is 54.6 Å². The van der Waals surface area contributed by atoms with E-state index in [1.165, 1.54) is 11.1 Å². The molecule has 0 radical (unpaired) electrons. The van der Waals surface area contributed by atoms with Crippen molar-refractivity contribution < 1.29 is 9.84 Å². The molecule has 0 aromatic heterocycles. The Morgan fingerprint density at radius 2 is 1.67 bits per heavy atom. The monoisotopic (exact) mass is 327 g/mol. The Hall–Kier alpha value is -1.84. The van der Waals surface area contributed by atoms with Gasteiger partial charge in [-0.2, -0.15) is 0 Å². The summed E-state index contributed by atoms with van der Waals surface area (Å²) >= 11 is 0. The minimum absolute atomic E-state index is 0.202. The summed E-state index contributed by atoms with van der Waals surface area (Å²) in [6, 6.07) is 18.5. The third-order valence-electron chi connectivity index (χ3n) is 4.45. The zero-order chi connectivity index (χ0) is 17.4. The summed E-state index contributed by atoms with van der Waals surface area (Å²) in [5, 5.41) is 13.6. The van der Waals surface area contributed by atoms with Crippen molar-refractivity contribution in [2.45, 2.75) is 45.3 Å². The normalized spacial score (nSPS) is 14.8. The van der Waals surface area contributed by atoms with Gasteiger partial charge in [0, 0.05) is 12.6 Å². The SMILES string of the molecule is CCC(C)c1ccccc1OCC(O)CNC(C)c1ccccc1. The van der Waals surface area contributed by atoms with E-state index in [0.29, 0.717) is 19.1 Å². The largest absolute Gasteiger partial charge is 0.491 e. The van der Waals surface area contributed by atoms with E-state index in [-0.39, 0.29) is 6.04 Å². The summed E-state index contributed by atoms with van der Waals surface area (Å²) in [6.45, 7) is 7.26. The molecule has 0 saturated carbocycles. The first-order valence-electron chi connectivity index (χ1n) is 8.80. The highest BCUT2D eigenvalue weighted by atomic mass is 16.5. The third-order valence-corrected chi connectivity index (χ3v) is 4.45. The topological polar surface area (TPSA) is 41.5 Å². The molecule has 0 saturated heterocycles. The summed E-state index contributed by atoms with van der Waals surface area (Å²) in [7, 11) is 0. The Balaban J connectivity index is 1.82. The average molecular weight is 327 g/mol. The molecule has 0 aliphatic heterocycles. The number of ether oxygens (including phenoxy) is 1. The van der Waals surface area contributed by atoms with Gasteiger partial charge in [-0.3, -0.25) is 0 Å². The van der Waals surface area contributed by atoms with Gasteiger partial charge in [-0.05, 0) is 36.5 Å². The molecule has 0 heterocycles. The number of nitrogens with one attached hydrogen (secondary N) is 1. The average Bonchev–Trinajstić information content (AvgIpc) is 2.64. The number of benzene rings is 2. The lowest BCUT2D eigenvalue weighted by atomic mass is 9.98. The molecule has 0 aliphatic carbocycles. The fourth-order valence-corrected chi connectivity index (χ4v) is 2.66. The van der Waals surface area contributed by atoms with Crippen LogP contribution in [0, 0.1) is 0 Å². The molecule has 2 aromatic rings. The second-order valence-electron chi connectivity index (χ2n) is 6.35. The maximum absolute atomic E-state index is 10.2. The van der Waals surface area contributed by atoms with Crippen LogP contribution >= 0.6 is 0 Å². The van der Waals surface area contributed by atoms with E-state index in [4.69, 9.17) is 4.74 Å². The smallest absolute Gasteiger partial charge is 0.122 e. The molecule has 2 aromatic carbocycles. The van der Waals surface area contributed by atoms with Crippen LogP contribution in [-0.4, -0.2) is 24.4 Å². The first kappa shape index (κ1) is 18.5. The number of aliphatic hydroxyl groups excluding tert-OH is 1. The molecule has 2 N–H and O–H groups in total. The molecule has 130 valence electrons. The van der Waals surface area contributed by atoms with Gasteiger partial charge in [0.25, 0.3) is 0 Å². The van der Waals surface area contributed by atoms with Gasteiger partial charge in [-0.15, -0.1) is 0 Å². The first-order chi connectivity index (χ1) is 11.6. The highest BCUT2D eigenvalue weighted by Crippen LogP contribution is 2.28. The van der Waals surface area contributed by atoms with Gasteiger partial charge in [0.15, 0.2) is 0 Å². The van der Waals surface area contributed by atoms with Gasteiger partial charge < -0.3 is 15.2 Å². The Bertz CT molecular complexity index is 600. The molecular formula is C21H29NO2. The number of hydrogen-bond donors (Lipinski definition) is 2. The number of para-hydroxylation sites is 1. The Morgan fingerprint density at radius 3 is 2.38 bits per heavy atom. The summed E-state index contributed by atoms with van der Waals surface area (Å²) in [5.74, 6) is 1.33. The molecule has 3 nitrogen and oxygen atoms in total. The van der Waals surface area contributed by atoms with Gasteiger partial charge in [-0.1, -0.05) is 62.4 Å². The van der Waals surface area contributed by atoms with Crippen molar-refractivity contribution in [3.63, 3.8) is 0 Å². The summed E-state index contributed by atoms with van der Waals surface area (Å²) in [4.78, 5) is 0. The molecule has 3 unspecified atom stereocenters. The van der Waals surface area contributed by atoms with E-state index < -0.39 is 6.10 Å². The van der Waals surface area contributed by atoms with Crippen molar-refractivity contribution in [3.05, 3.63) is 65.7 Å². The molecule has 2 rings (SSSR count). The van der Waals surface area contributed by atoms with Crippen LogP contribution in [0.1, 0.15) is 50.3 Å². The van der Waals surface area contributed by atoms with Crippen LogP contribution < -0.4 is 10.1 Å². The molecule has 0 fully saturated rings. The molecule has 0 amide bonds. The van der Waals surface area contributed by atoms with E-state index in [2.05, 4.69) is 44.3 Å². The second kappa shape index (κ2) is 9.45. The summed E-state index contributed by atoms with van der Waals surface area (Å²) in [6.07, 6.45) is 0.528. The van der Waals surface area contributed by atoms with E-state index in [0.717, 1.165) is 12.2 Å². The van der Waals surface area contributed by atoms with Crippen LogP contribution in [0.5, 0.6) is 5.75 Å². The van der Waals surface area contributed by atoms with Crippen LogP contribution in [0.4, 0.5) is 0 Å². The summed E-state index contributed by atoms with van der Waals surface area (Å²) in [5.41, 5.74) is 2.42. The number of aliphatic hydroxyl groups is 1. The zero-order valence-electron chi connectivity index (χ0n) is 14.9. The highest BCUT2D eigenvalue weighted by molar-refractivity contribution is 5.35. The Labute approximate surface area is 145 Å².